The van der Waals surface area contributed by atoms with Crippen molar-refractivity contribution in [2.24, 2.45) is 0 Å². The summed E-state index contributed by atoms with van der Waals surface area (Å²) < 4.78 is 14.8. The molecular formula is C26H34N2O10. The van der Waals surface area contributed by atoms with Gasteiger partial charge in [-0.15, -0.1) is 0 Å². The van der Waals surface area contributed by atoms with Crippen LogP contribution in [0.4, 0.5) is 9.59 Å². The van der Waals surface area contributed by atoms with Crippen LogP contribution in [0, 0.1) is 0 Å². The monoisotopic (exact) mass is 534 g/mol. The van der Waals surface area contributed by atoms with Crippen LogP contribution < -0.4 is 10.6 Å². The number of carboxylic acid groups (broad SMARTS) is 1. The Hall–Kier alpha value is -4.16. The Morgan fingerprint density at radius 3 is 1.47 bits per heavy atom. The van der Waals surface area contributed by atoms with Crippen molar-refractivity contribution in [3.05, 3.63) is 71.8 Å². The van der Waals surface area contributed by atoms with Gasteiger partial charge in [-0.25, -0.2) is 19.2 Å². The topological polar surface area (TPSA) is 181 Å². The quantitative estimate of drug-likeness (QED) is 0.223. The molecule has 208 valence electrons. The number of amides is 2. The first kappa shape index (κ1) is 31.9. The van der Waals surface area contributed by atoms with E-state index in [9.17, 15) is 19.2 Å². The molecule has 0 aliphatic rings. The van der Waals surface area contributed by atoms with Gasteiger partial charge in [0.15, 0.2) is 12.1 Å². The SMILES string of the molecule is CC(C)(C)OC(=O)[C@H](CO)NC(=O)OCc1ccccc1.O=C(N[C@@H](CO)C(=O)O)OCc1ccccc1. The number of esters is 1. The number of benzene rings is 2. The summed E-state index contributed by atoms with van der Waals surface area (Å²) in [6, 6.07) is 15.6. The van der Waals surface area contributed by atoms with Crippen LogP contribution in [-0.4, -0.2) is 70.3 Å². The highest BCUT2D eigenvalue weighted by atomic mass is 16.6. The van der Waals surface area contributed by atoms with E-state index in [-0.39, 0.29) is 13.2 Å². The molecule has 12 heteroatoms. The Labute approximate surface area is 220 Å². The van der Waals surface area contributed by atoms with E-state index >= 15 is 0 Å². The molecule has 2 atom stereocenters. The Morgan fingerprint density at radius 2 is 1.13 bits per heavy atom. The van der Waals surface area contributed by atoms with Gasteiger partial charge in [-0.05, 0) is 31.9 Å². The Morgan fingerprint density at radius 1 is 0.737 bits per heavy atom. The molecule has 0 saturated carbocycles. The molecule has 0 aromatic heterocycles. The highest BCUT2D eigenvalue weighted by Gasteiger charge is 2.26. The van der Waals surface area contributed by atoms with Gasteiger partial charge in [-0.3, -0.25) is 0 Å². The fourth-order valence-electron chi connectivity index (χ4n) is 2.55. The molecule has 12 nitrogen and oxygen atoms in total. The lowest BCUT2D eigenvalue weighted by Gasteiger charge is -2.23. The predicted octanol–water partition coefficient (Wildman–Crippen LogP) is 1.97. The van der Waals surface area contributed by atoms with Gasteiger partial charge in [0.25, 0.3) is 0 Å². The van der Waals surface area contributed by atoms with Gasteiger partial charge in [-0.1, -0.05) is 60.7 Å². The Bertz CT molecular complexity index is 1010. The van der Waals surface area contributed by atoms with Crippen molar-refractivity contribution in [2.45, 2.75) is 51.7 Å². The van der Waals surface area contributed by atoms with Gasteiger partial charge in [0.2, 0.25) is 0 Å². The Balaban J connectivity index is 0.000000389. The number of hydrogen-bond donors (Lipinski definition) is 5. The standard InChI is InChI=1S/C15H21NO5.C11H13NO5/c1-15(2,3)21-13(18)12(9-17)16-14(19)20-10-11-7-5-4-6-8-11;13-6-9(10(14)15)12-11(16)17-7-8-4-2-1-3-5-8/h4-8,12,17H,9-10H2,1-3H3,(H,16,19);1-5,9,13H,6-7H2,(H,12,16)(H,14,15)/t12-;9-/m00/s1. The fourth-order valence-corrected chi connectivity index (χ4v) is 2.55. The average Bonchev–Trinajstić information content (AvgIpc) is 2.88. The summed E-state index contributed by atoms with van der Waals surface area (Å²) in [6.45, 7) is 3.99. The Kier molecular flexibility index (Phi) is 13.9. The molecule has 5 N–H and O–H groups in total. The number of carbonyl (C=O) groups excluding carboxylic acids is 3. The summed E-state index contributed by atoms with van der Waals surface area (Å²) in [6.07, 6.45) is -1.67. The summed E-state index contributed by atoms with van der Waals surface area (Å²) in [5.41, 5.74) is 0.920. The maximum atomic E-state index is 11.7. The molecule has 0 aliphatic heterocycles. The molecule has 0 unspecified atom stereocenters. The van der Waals surface area contributed by atoms with Crippen LogP contribution in [0.15, 0.2) is 60.7 Å². The molecule has 2 aromatic carbocycles. The van der Waals surface area contributed by atoms with E-state index in [0.717, 1.165) is 11.1 Å². The first-order valence-electron chi connectivity index (χ1n) is 11.6. The molecule has 0 spiro atoms. The van der Waals surface area contributed by atoms with Crippen LogP contribution >= 0.6 is 0 Å². The minimum Gasteiger partial charge on any atom is -0.480 e. The van der Waals surface area contributed by atoms with Gasteiger partial charge in [0.1, 0.15) is 18.8 Å². The molecule has 0 heterocycles. The predicted molar refractivity (Wildman–Crippen MR) is 135 cm³/mol. The third-order valence-electron chi connectivity index (χ3n) is 4.36. The lowest BCUT2D eigenvalue weighted by Crippen LogP contribution is -2.46. The number of aliphatic hydroxyl groups excluding tert-OH is 2. The van der Waals surface area contributed by atoms with E-state index in [1.165, 1.54) is 0 Å². The molecular weight excluding hydrogens is 500 g/mol. The number of carboxylic acids is 1. The summed E-state index contributed by atoms with van der Waals surface area (Å²) in [5, 5.41) is 30.7. The number of carbonyl (C=O) groups is 4. The molecule has 38 heavy (non-hydrogen) atoms. The van der Waals surface area contributed by atoms with Gasteiger partial charge < -0.3 is 40.2 Å². The van der Waals surface area contributed by atoms with Crippen molar-refractivity contribution in [3.8, 4) is 0 Å². The van der Waals surface area contributed by atoms with Gasteiger partial charge in [0, 0.05) is 0 Å². The van der Waals surface area contributed by atoms with Crippen molar-refractivity contribution in [2.75, 3.05) is 13.2 Å². The second-order valence-electron chi connectivity index (χ2n) is 8.75. The van der Waals surface area contributed by atoms with Crippen LogP contribution in [0.2, 0.25) is 0 Å². The van der Waals surface area contributed by atoms with Crippen molar-refractivity contribution in [1.82, 2.24) is 10.6 Å². The van der Waals surface area contributed by atoms with Crippen molar-refractivity contribution in [3.63, 3.8) is 0 Å². The molecule has 0 saturated heterocycles. The second-order valence-corrected chi connectivity index (χ2v) is 8.75. The molecule has 2 aromatic rings. The second kappa shape index (κ2) is 16.6. The average molecular weight is 535 g/mol. The van der Waals surface area contributed by atoms with E-state index < -0.39 is 55.0 Å². The maximum absolute atomic E-state index is 11.7. The molecule has 0 aliphatic carbocycles. The third kappa shape index (κ3) is 13.8. The van der Waals surface area contributed by atoms with E-state index in [4.69, 9.17) is 29.5 Å². The van der Waals surface area contributed by atoms with E-state index in [2.05, 4.69) is 5.32 Å². The van der Waals surface area contributed by atoms with Crippen molar-refractivity contribution in [1.29, 1.82) is 0 Å². The molecule has 2 rings (SSSR count). The third-order valence-corrected chi connectivity index (χ3v) is 4.36. The maximum Gasteiger partial charge on any atom is 0.408 e. The number of nitrogens with one attached hydrogen (secondary N) is 2. The number of rotatable bonds is 10. The smallest absolute Gasteiger partial charge is 0.408 e. The van der Waals surface area contributed by atoms with Gasteiger partial charge in [0.05, 0.1) is 13.2 Å². The zero-order valence-corrected chi connectivity index (χ0v) is 21.5. The van der Waals surface area contributed by atoms with Crippen molar-refractivity contribution < 1.29 is 48.7 Å². The number of aliphatic hydroxyl groups is 2. The molecule has 0 bridgehead atoms. The van der Waals surface area contributed by atoms with Crippen molar-refractivity contribution >= 4 is 24.1 Å². The number of hydrogen-bond acceptors (Lipinski definition) is 9. The molecule has 0 fully saturated rings. The van der Waals surface area contributed by atoms with Gasteiger partial charge >= 0.3 is 24.1 Å². The zero-order chi connectivity index (χ0) is 28.6. The normalized spacial score (nSPS) is 12.0. The van der Waals surface area contributed by atoms with Crippen LogP contribution in [0.5, 0.6) is 0 Å². The zero-order valence-electron chi connectivity index (χ0n) is 21.5. The minimum absolute atomic E-state index is 0.0461. The minimum atomic E-state index is -1.35. The highest BCUT2D eigenvalue weighted by molar-refractivity contribution is 5.81. The number of aliphatic carboxylic acids is 1. The van der Waals surface area contributed by atoms with Gasteiger partial charge in [-0.2, -0.15) is 0 Å². The number of alkyl carbamates (subject to hydrolysis) is 2. The molecule has 0 radical (unpaired) electrons. The summed E-state index contributed by atoms with van der Waals surface area (Å²) in [5.74, 6) is -2.02. The van der Waals surface area contributed by atoms with E-state index in [0.29, 0.717) is 0 Å². The van der Waals surface area contributed by atoms with E-state index in [1.54, 1.807) is 45.0 Å². The van der Waals surface area contributed by atoms with E-state index in [1.807, 2.05) is 41.7 Å². The summed E-state index contributed by atoms with van der Waals surface area (Å²) in [4.78, 5) is 45.0. The number of ether oxygens (including phenoxy) is 3. The first-order valence-corrected chi connectivity index (χ1v) is 11.6. The fraction of sp³-hybridized carbons (Fsp3) is 0.385. The van der Waals surface area contributed by atoms with Crippen LogP contribution in [0.3, 0.4) is 0 Å². The lowest BCUT2D eigenvalue weighted by atomic mass is 10.2. The molecule has 2 amide bonds. The summed E-state index contributed by atoms with van der Waals surface area (Å²) in [7, 11) is 0. The summed E-state index contributed by atoms with van der Waals surface area (Å²) >= 11 is 0. The first-order chi connectivity index (χ1) is 17.9. The van der Waals surface area contributed by atoms with Crippen LogP contribution in [0.1, 0.15) is 31.9 Å². The largest absolute Gasteiger partial charge is 0.480 e. The van der Waals surface area contributed by atoms with Crippen LogP contribution in [-0.2, 0) is 37.0 Å². The highest BCUT2D eigenvalue weighted by Crippen LogP contribution is 2.09. The lowest BCUT2D eigenvalue weighted by molar-refractivity contribution is -0.158. The van der Waals surface area contributed by atoms with Crippen LogP contribution in [0.25, 0.3) is 0 Å².